The molecule has 2 saturated heterocycles. The van der Waals surface area contributed by atoms with Gasteiger partial charge < -0.3 is 10.0 Å². The van der Waals surface area contributed by atoms with E-state index in [4.69, 9.17) is 0 Å². The SMILES string of the molecule is OC[C@@H]1CN(Cc2ccc(-c3nn[nH]n3)cc2)C[C@@H]1CN1CCCC1. The lowest BCUT2D eigenvalue weighted by atomic mass is 9.96. The summed E-state index contributed by atoms with van der Waals surface area (Å²) in [6.45, 7) is 6.89. The number of nitrogens with zero attached hydrogens (tertiary/aromatic N) is 5. The summed E-state index contributed by atoms with van der Waals surface area (Å²) in [6.07, 6.45) is 2.65. The molecule has 2 fully saturated rings. The smallest absolute Gasteiger partial charge is 0.204 e. The van der Waals surface area contributed by atoms with Gasteiger partial charge in [-0.25, -0.2) is 0 Å². The van der Waals surface area contributed by atoms with Gasteiger partial charge in [-0.15, -0.1) is 10.2 Å². The molecule has 0 saturated carbocycles. The van der Waals surface area contributed by atoms with Crippen LogP contribution in [-0.2, 0) is 6.54 Å². The molecule has 0 aliphatic carbocycles. The molecule has 25 heavy (non-hydrogen) atoms. The van der Waals surface area contributed by atoms with Gasteiger partial charge in [-0.2, -0.15) is 5.21 Å². The van der Waals surface area contributed by atoms with Gasteiger partial charge >= 0.3 is 0 Å². The van der Waals surface area contributed by atoms with E-state index in [1.54, 1.807) is 0 Å². The van der Waals surface area contributed by atoms with E-state index in [9.17, 15) is 5.11 Å². The number of aromatic amines is 1. The van der Waals surface area contributed by atoms with Gasteiger partial charge in [0.2, 0.25) is 5.82 Å². The van der Waals surface area contributed by atoms with Crippen LogP contribution in [0.5, 0.6) is 0 Å². The van der Waals surface area contributed by atoms with Crippen molar-refractivity contribution in [2.24, 2.45) is 11.8 Å². The minimum atomic E-state index is 0.297. The zero-order chi connectivity index (χ0) is 17.1. The van der Waals surface area contributed by atoms with Crippen LogP contribution in [0.4, 0.5) is 0 Å². The Morgan fingerprint density at radius 1 is 1.04 bits per heavy atom. The second-order valence-corrected chi connectivity index (χ2v) is 7.34. The third-order valence-electron chi connectivity index (χ3n) is 5.54. The highest BCUT2D eigenvalue weighted by atomic mass is 16.3. The number of aliphatic hydroxyl groups is 1. The zero-order valence-electron chi connectivity index (χ0n) is 14.5. The maximum absolute atomic E-state index is 9.77. The van der Waals surface area contributed by atoms with Crippen molar-refractivity contribution in [3.63, 3.8) is 0 Å². The normalized spacial score (nSPS) is 25.0. The summed E-state index contributed by atoms with van der Waals surface area (Å²) in [7, 11) is 0. The lowest BCUT2D eigenvalue weighted by molar-refractivity contribution is 0.175. The van der Waals surface area contributed by atoms with Gasteiger partial charge in [0.05, 0.1) is 0 Å². The zero-order valence-corrected chi connectivity index (χ0v) is 14.5. The van der Waals surface area contributed by atoms with E-state index in [1.165, 1.54) is 31.5 Å². The predicted molar refractivity (Wildman–Crippen MR) is 94.6 cm³/mol. The highest BCUT2D eigenvalue weighted by molar-refractivity contribution is 5.54. The summed E-state index contributed by atoms with van der Waals surface area (Å²) >= 11 is 0. The first-order chi connectivity index (χ1) is 12.3. The molecule has 4 rings (SSSR count). The Hall–Kier alpha value is -1.83. The van der Waals surface area contributed by atoms with Crippen molar-refractivity contribution in [3.05, 3.63) is 29.8 Å². The fourth-order valence-electron chi connectivity index (χ4n) is 4.18. The van der Waals surface area contributed by atoms with Crippen molar-refractivity contribution < 1.29 is 5.11 Å². The van der Waals surface area contributed by atoms with Crippen molar-refractivity contribution in [2.45, 2.75) is 19.4 Å². The predicted octanol–water partition coefficient (Wildman–Crippen LogP) is 1.00. The Morgan fingerprint density at radius 2 is 1.80 bits per heavy atom. The van der Waals surface area contributed by atoms with Crippen molar-refractivity contribution in [3.8, 4) is 11.4 Å². The van der Waals surface area contributed by atoms with E-state index in [2.05, 4.69) is 42.6 Å². The quantitative estimate of drug-likeness (QED) is 0.815. The Kier molecular flexibility index (Phi) is 5.05. The van der Waals surface area contributed by atoms with Crippen molar-refractivity contribution in [1.82, 2.24) is 30.4 Å². The molecule has 0 bridgehead atoms. The topological polar surface area (TPSA) is 81.2 Å². The molecule has 0 radical (unpaired) electrons. The van der Waals surface area contributed by atoms with E-state index < -0.39 is 0 Å². The summed E-state index contributed by atoms with van der Waals surface area (Å²) in [4.78, 5) is 5.04. The van der Waals surface area contributed by atoms with E-state index in [0.29, 0.717) is 24.3 Å². The highest BCUT2D eigenvalue weighted by Crippen LogP contribution is 2.27. The molecule has 134 valence electrons. The molecular weight excluding hydrogens is 316 g/mol. The molecule has 3 heterocycles. The number of benzene rings is 1. The Balaban J connectivity index is 1.35. The van der Waals surface area contributed by atoms with Gasteiger partial charge in [0.25, 0.3) is 0 Å². The summed E-state index contributed by atoms with van der Waals surface area (Å²) in [5.41, 5.74) is 2.25. The van der Waals surface area contributed by atoms with Gasteiger partial charge in [0, 0.05) is 38.3 Å². The first-order valence-corrected chi connectivity index (χ1v) is 9.20. The van der Waals surface area contributed by atoms with Gasteiger partial charge in [-0.3, -0.25) is 4.90 Å². The number of aromatic nitrogens is 4. The molecule has 7 heteroatoms. The van der Waals surface area contributed by atoms with Crippen LogP contribution in [0.2, 0.25) is 0 Å². The number of H-pyrrole nitrogens is 1. The first-order valence-electron chi connectivity index (χ1n) is 9.20. The Labute approximate surface area is 148 Å². The molecule has 0 unspecified atom stereocenters. The van der Waals surface area contributed by atoms with Crippen molar-refractivity contribution in [2.75, 3.05) is 39.3 Å². The largest absolute Gasteiger partial charge is 0.396 e. The average molecular weight is 342 g/mol. The van der Waals surface area contributed by atoms with Crippen LogP contribution < -0.4 is 0 Å². The average Bonchev–Trinajstić information content (AvgIpc) is 3.38. The minimum Gasteiger partial charge on any atom is -0.396 e. The van der Waals surface area contributed by atoms with Crippen LogP contribution in [0.25, 0.3) is 11.4 Å². The van der Waals surface area contributed by atoms with Gasteiger partial charge in [0.15, 0.2) is 0 Å². The number of hydrogen-bond donors (Lipinski definition) is 2. The van der Waals surface area contributed by atoms with Crippen LogP contribution in [-0.4, -0.2) is 74.9 Å². The molecule has 1 aromatic heterocycles. The number of aliphatic hydroxyl groups excluding tert-OH is 1. The van der Waals surface area contributed by atoms with Crippen LogP contribution in [0.3, 0.4) is 0 Å². The fourth-order valence-corrected chi connectivity index (χ4v) is 4.18. The van der Waals surface area contributed by atoms with Crippen LogP contribution in [0, 0.1) is 11.8 Å². The summed E-state index contributed by atoms with van der Waals surface area (Å²) in [6, 6.07) is 8.35. The third-order valence-corrected chi connectivity index (χ3v) is 5.54. The van der Waals surface area contributed by atoms with E-state index >= 15 is 0 Å². The Bertz CT molecular complexity index is 653. The second-order valence-electron chi connectivity index (χ2n) is 7.34. The molecule has 0 amide bonds. The summed E-state index contributed by atoms with van der Waals surface area (Å²) in [5, 5.41) is 23.9. The summed E-state index contributed by atoms with van der Waals surface area (Å²) in [5.74, 6) is 1.61. The van der Waals surface area contributed by atoms with E-state index in [0.717, 1.165) is 31.7 Å². The summed E-state index contributed by atoms with van der Waals surface area (Å²) < 4.78 is 0. The van der Waals surface area contributed by atoms with Crippen LogP contribution >= 0.6 is 0 Å². The first kappa shape index (κ1) is 16.6. The molecule has 2 aliphatic heterocycles. The number of likely N-dealkylation sites (tertiary alicyclic amines) is 2. The second kappa shape index (κ2) is 7.59. The number of hydrogen-bond acceptors (Lipinski definition) is 6. The standard InChI is InChI=1S/C18H26N6O/c25-13-17-12-24(11-16(17)10-23-7-1-2-8-23)9-14-3-5-15(6-4-14)18-19-21-22-20-18/h3-6,16-17,25H,1-2,7-13H2,(H,19,20,21,22)/t16-,17-/m0/s1. The number of nitrogens with one attached hydrogen (secondary N) is 1. The minimum absolute atomic E-state index is 0.297. The molecule has 2 atom stereocenters. The lowest BCUT2D eigenvalue weighted by Gasteiger charge is -2.23. The molecule has 2 aromatic rings. The highest BCUT2D eigenvalue weighted by Gasteiger charge is 2.33. The maximum Gasteiger partial charge on any atom is 0.204 e. The van der Waals surface area contributed by atoms with Gasteiger partial charge in [-0.1, -0.05) is 24.3 Å². The molecule has 7 nitrogen and oxygen atoms in total. The van der Waals surface area contributed by atoms with E-state index in [-0.39, 0.29) is 0 Å². The maximum atomic E-state index is 9.77. The van der Waals surface area contributed by atoms with Gasteiger partial charge in [-0.05, 0) is 48.5 Å². The van der Waals surface area contributed by atoms with Crippen LogP contribution in [0.1, 0.15) is 18.4 Å². The van der Waals surface area contributed by atoms with Crippen molar-refractivity contribution in [1.29, 1.82) is 0 Å². The fraction of sp³-hybridized carbons (Fsp3) is 0.611. The Morgan fingerprint density at radius 3 is 2.48 bits per heavy atom. The van der Waals surface area contributed by atoms with Crippen LogP contribution in [0.15, 0.2) is 24.3 Å². The molecule has 1 aromatic carbocycles. The molecular formula is C18H26N6O. The lowest BCUT2D eigenvalue weighted by Crippen LogP contribution is -2.31. The molecule has 0 spiro atoms. The monoisotopic (exact) mass is 342 g/mol. The number of tetrazole rings is 1. The van der Waals surface area contributed by atoms with E-state index in [1.807, 2.05) is 12.1 Å². The van der Waals surface area contributed by atoms with Gasteiger partial charge in [0.1, 0.15) is 0 Å². The molecule has 2 aliphatic rings. The third kappa shape index (κ3) is 3.89. The molecule has 2 N–H and O–H groups in total. The number of rotatable bonds is 6. The van der Waals surface area contributed by atoms with Crippen molar-refractivity contribution >= 4 is 0 Å².